The Morgan fingerprint density at radius 1 is 1.33 bits per heavy atom. The molecule has 1 aromatic carbocycles. The molecule has 0 spiro atoms. The quantitative estimate of drug-likeness (QED) is 0.861. The van der Waals surface area contributed by atoms with Gasteiger partial charge in [-0.2, -0.15) is 0 Å². The number of aromatic nitrogens is 1. The molecule has 2 aromatic rings. The smallest absolute Gasteiger partial charge is 0.254 e. The van der Waals surface area contributed by atoms with Crippen LogP contribution in [0, 0.1) is 0 Å². The largest absolute Gasteiger partial charge is 0.359 e. The van der Waals surface area contributed by atoms with Gasteiger partial charge in [0.1, 0.15) is 0 Å². The average Bonchev–Trinajstić information content (AvgIpc) is 3.16. The Morgan fingerprint density at radius 3 is 2.76 bits per heavy atom. The van der Waals surface area contributed by atoms with Crippen molar-refractivity contribution in [2.75, 3.05) is 6.54 Å². The van der Waals surface area contributed by atoms with Gasteiger partial charge in [-0.25, -0.2) is 0 Å². The predicted octanol–water partition coefficient (Wildman–Crippen LogP) is 3.78. The minimum Gasteiger partial charge on any atom is -0.359 e. The van der Waals surface area contributed by atoms with E-state index >= 15 is 0 Å². The Balaban J connectivity index is 1.83. The van der Waals surface area contributed by atoms with Crippen LogP contribution in [0.5, 0.6) is 0 Å². The number of carbonyl (C=O) groups is 1. The van der Waals surface area contributed by atoms with E-state index in [-0.39, 0.29) is 11.9 Å². The van der Waals surface area contributed by atoms with Gasteiger partial charge in [-0.3, -0.25) is 4.79 Å². The topological polar surface area (TPSA) is 46.3 Å². The van der Waals surface area contributed by atoms with E-state index in [0.717, 1.165) is 36.4 Å². The SMILES string of the molecule is CC(C)c1cc([C@H]2CCCN2C(=O)c2ccccc2)on1. The number of nitrogens with zero attached hydrogens (tertiary/aromatic N) is 2. The summed E-state index contributed by atoms with van der Waals surface area (Å²) in [5.41, 5.74) is 1.68. The Labute approximate surface area is 124 Å². The molecule has 0 aliphatic carbocycles. The van der Waals surface area contributed by atoms with Crippen LogP contribution < -0.4 is 0 Å². The second-order valence-electron chi connectivity index (χ2n) is 5.83. The van der Waals surface area contributed by atoms with Crippen LogP contribution in [0.1, 0.15) is 60.5 Å². The number of benzene rings is 1. The highest BCUT2D eigenvalue weighted by Gasteiger charge is 2.33. The molecule has 3 rings (SSSR count). The molecule has 4 heteroatoms. The van der Waals surface area contributed by atoms with Crippen molar-refractivity contribution in [2.24, 2.45) is 0 Å². The number of hydrogen-bond donors (Lipinski definition) is 0. The summed E-state index contributed by atoms with van der Waals surface area (Å²) in [5.74, 6) is 1.21. The van der Waals surface area contributed by atoms with Crippen LogP contribution in [0.2, 0.25) is 0 Å². The fraction of sp³-hybridized carbons (Fsp3) is 0.412. The third kappa shape index (κ3) is 2.71. The second-order valence-corrected chi connectivity index (χ2v) is 5.83. The molecule has 0 bridgehead atoms. The first kappa shape index (κ1) is 13.9. The van der Waals surface area contributed by atoms with Crippen molar-refractivity contribution < 1.29 is 9.32 Å². The van der Waals surface area contributed by atoms with E-state index in [9.17, 15) is 4.79 Å². The molecule has 21 heavy (non-hydrogen) atoms. The van der Waals surface area contributed by atoms with Crippen molar-refractivity contribution in [3.8, 4) is 0 Å². The van der Waals surface area contributed by atoms with Crippen molar-refractivity contribution in [1.82, 2.24) is 10.1 Å². The maximum atomic E-state index is 12.6. The molecule has 1 aliphatic rings. The van der Waals surface area contributed by atoms with E-state index in [0.29, 0.717) is 5.92 Å². The summed E-state index contributed by atoms with van der Waals surface area (Å²) in [6, 6.07) is 11.4. The molecule has 1 aromatic heterocycles. The van der Waals surface area contributed by atoms with Crippen molar-refractivity contribution in [2.45, 2.75) is 38.6 Å². The summed E-state index contributed by atoms with van der Waals surface area (Å²) >= 11 is 0. The second kappa shape index (κ2) is 5.72. The van der Waals surface area contributed by atoms with Crippen molar-refractivity contribution in [3.05, 3.63) is 53.4 Å². The summed E-state index contributed by atoms with van der Waals surface area (Å²) in [6.45, 7) is 4.95. The molecule has 4 nitrogen and oxygen atoms in total. The van der Waals surface area contributed by atoms with Crippen molar-refractivity contribution in [3.63, 3.8) is 0 Å². The van der Waals surface area contributed by atoms with Crippen molar-refractivity contribution >= 4 is 5.91 Å². The van der Waals surface area contributed by atoms with Gasteiger partial charge in [0, 0.05) is 18.2 Å². The molecule has 0 unspecified atom stereocenters. The van der Waals surface area contributed by atoms with Gasteiger partial charge in [0.2, 0.25) is 0 Å². The first-order valence-electron chi connectivity index (χ1n) is 7.49. The highest BCUT2D eigenvalue weighted by molar-refractivity contribution is 5.94. The minimum absolute atomic E-state index is 0.0118. The van der Waals surface area contributed by atoms with Crippen LogP contribution >= 0.6 is 0 Å². The zero-order valence-corrected chi connectivity index (χ0v) is 12.5. The van der Waals surface area contributed by atoms with Gasteiger partial charge >= 0.3 is 0 Å². The fourth-order valence-corrected chi connectivity index (χ4v) is 2.79. The van der Waals surface area contributed by atoms with Gasteiger partial charge in [0.25, 0.3) is 5.91 Å². The van der Waals surface area contributed by atoms with Crippen molar-refractivity contribution in [1.29, 1.82) is 0 Å². The molecule has 1 saturated heterocycles. The highest BCUT2D eigenvalue weighted by atomic mass is 16.5. The number of hydrogen-bond acceptors (Lipinski definition) is 3. The summed E-state index contributed by atoms with van der Waals surface area (Å²) in [4.78, 5) is 14.5. The molecule has 2 heterocycles. The molecular formula is C17H20N2O2. The third-order valence-electron chi connectivity index (χ3n) is 4.00. The zero-order valence-electron chi connectivity index (χ0n) is 12.5. The lowest BCUT2D eigenvalue weighted by molar-refractivity contribution is 0.0714. The van der Waals surface area contributed by atoms with E-state index in [1.165, 1.54) is 0 Å². The number of carbonyl (C=O) groups excluding carboxylic acids is 1. The summed E-state index contributed by atoms with van der Waals surface area (Å²) in [6.07, 6.45) is 1.94. The Kier molecular flexibility index (Phi) is 3.78. The van der Waals surface area contributed by atoms with E-state index in [1.807, 2.05) is 41.3 Å². The summed E-state index contributed by atoms with van der Waals surface area (Å²) < 4.78 is 5.48. The fourth-order valence-electron chi connectivity index (χ4n) is 2.79. The first-order valence-corrected chi connectivity index (χ1v) is 7.49. The van der Waals surface area contributed by atoms with Gasteiger partial charge in [-0.1, -0.05) is 37.2 Å². The standard InChI is InChI=1S/C17H20N2O2/c1-12(2)14-11-16(21-18-14)15-9-6-10-19(15)17(20)13-7-4-3-5-8-13/h3-5,7-8,11-12,15H,6,9-10H2,1-2H3/t15-/m1/s1. The average molecular weight is 284 g/mol. The van der Waals surface area contributed by atoms with E-state index in [4.69, 9.17) is 4.52 Å². The summed E-state index contributed by atoms with van der Waals surface area (Å²) in [5, 5.41) is 4.11. The molecule has 1 atom stereocenters. The Hall–Kier alpha value is -2.10. The third-order valence-corrected chi connectivity index (χ3v) is 4.00. The molecule has 0 saturated carbocycles. The van der Waals surface area contributed by atoms with Gasteiger partial charge in [0.15, 0.2) is 5.76 Å². The molecule has 1 aliphatic heterocycles. The number of amides is 1. The van der Waals surface area contributed by atoms with Gasteiger partial charge < -0.3 is 9.42 Å². The van der Waals surface area contributed by atoms with Crippen LogP contribution in [-0.2, 0) is 0 Å². The lowest BCUT2D eigenvalue weighted by atomic mass is 10.1. The maximum Gasteiger partial charge on any atom is 0.254 e. The van der Waals surface area contributed by atoms with E-state index in [1.54, 1.807) is 0 Å². The van der Waals surface area contributed by atoms with Crippen LogP contribution in [0.25, 0.3) is 0 Å². The molecule has 0 radical (unpaired) electrons. The van der Waals surface area contributed by atoms with Gasteiger partial charge in [-0.05, 0) is 30.9 Å². The number of rotatable bonds is 3. The summed E-state index contributed by atoms with van der Waals surface area (Å²) in [7, 11) is 0. The van der Waals surface area contributed by atoms with Crippen LogP contribution in [0.15, 0.2) is 40.9 Å². The monoisotopic (exact) mass is 284 g/mol. The zero-order chi connectivity index (χ0) is 14.8. The molecule has 110 valence electrons. The Morgan fingerprint density at radius 2 is 2.10 bits per heavy atom. The van der Waals surface area contributed by atoms with Crippen LogP contribution in [-0.4, -0.2) is 22.5 Å². The highest BCUT2D eigenvalue weighted by Crippen LogP contribution is 2.34. The molecular weight excluding hydrogens is 264 g/mol. The Bertz CT molecular complexity index is 619. The molecule has 0 N–H and O–H groups in total. The molecule has 1 fully saturated rings. The van der Waals surface area contributed by atoms with E-state index < -0.39 is 0 Å². The number of likely N-dealkylation sites (tertiary alicyclic amines) is 1. The van der Waals surface area contributed by atoms with Crippen LogP contribution in [0.4, 0.5) is 0 Å². The minimum atomic E-state index is 0.0118. The molecule has 1 amide bonds. The first-order chi connectivity index (χ1) is 10.2. The van der Waals surface area contributed by atoms with Crippen LogP contribution in [0.3, 0.4) is 0 Å². The lowest BCUT2D eigenvalue weighted by Gasteiger charge is -2.22. The van der Waals surface area contributed by atoms with Gasteiger partial charge in [0.05, 0.1) is 11.7 Å². The predicted molar refractivity (Wildman–Crippen MR) is 80.0 cm³/mol. The maximum absolute atomic E-state index is 12.6. The van der Waals surface area contributed by atoms with E-state index in [2.05, 4.69) is 19.0 Å². The lowest BCUT2D eigenvalue weighted by Crippen LogP contribution is -2.30. The van der Waals surface area contributed by atoms with Gasteiger partial charge in [-0.15, -0.1) is 0 Å². The normalized spacial score (nSPS) is 18.4.